The van der Waals surface area contributed by atoms with Gasteiger partial charge in [-0.3, -0.25) is 9.59 Å². The Balaban J connectivity index is 2.53. The van der Waals surface area contributed by atoms with Crippen molar-refractivity contribution in [3.8, 4) is 11.8 Å². The molecule has 0 radical (unpaired) electrons. The van der Waals surface area contributed by atoms with E-state index in [9.17, 15) is 9.59 Å². The summed E-state index contributed by atoms with van der Waals surface area (Å²) in [5.74, 6) is 5.25. The highest BCUT2D eigenvalue weighted by Crippen LogP contribution is 2.13. The second-order valence-electron chi connectivity index (χ2n) is 4.07. The van der Waals surface area contributed by atoms with Crippen LogP contribution >= 0.6 is 11.3 Å². The van der Waals surface area contributed by atoms with Crippen LogP contribution in [-0.4, -0.2) is 48.6 Å². The molecule has 0 aliphatic heterocycles. The number of amides is 2. The maximum absolute atomic E-state index is 11.8. The summed E-state index contributed by atoms with van der Waals surface area (Å²) in [5, 5.41) is 12.9. The Morgan fingerprint density at radius 3 is 2.90 bits per heavy atom. The topological polar surface area (TPSA) is 69.6 Å². The second kappa shape index (κ2) is 8.35. The van der Waals surface area contributed by atoms with Crippen LogP contribution in [0.1, 0.15) is 28.6 Å². The van der Waals surface area contributed by atoms with E-state index in [1.807, 2.05) is 6.92 Å². The van der Waals surface area contributed by atoms with Gasteiger partial charge in [0.25, 0.3) is 5.91 Å². The van der Waals surface area contributed by atoms with Gasteiger partial charge in [-0.15, -0.1) is 11.3 Å². The van der Waals surface area contributed by atoms with E-state index in [-0.39, 0.29) is 25.0 Å². The first-order valence-electron chi connectivity index (χ1n) is 6.29. The molecule has 0 fully saturated rings. The molecule has 0 saturated carbocycles. The molecule has 0 aromatic carbocycles. The summed E-state index contributed by atoms with van der Waals surface area (Å²) in [6, 6.07) is 1.68. The monoisotopic (exact) mass is 294 g/mol. The van der Waals surface area contributed by atoms with Crippen molar-refractivity contribution in [3.63, 3.8) is 0 Å². The van der Waals surface area contributed by atoms with E-state index >= 15 is 0 Å². The minimum atomic E-state index is -0.283. The van der Waals surface area contributed by atoms with Crippen LogP contribution in [0, 0.1) is 11.8 Å². The summed E-state index contributed by atoms with van der Waals surface area (Å²) >= 11 is 1.36. The SMILES string of the molecule is CCN(C)C(=O)CNC(=O)c1csc(C#CCCO)c1. The minimum Gasteiger partial charge on any atom is -0.395 e. The second-order valence-corrected chi connectivity index (χ2v) is 4.98. The zero-order valence-electron chi connectivity index (χ0n) is 11.6. The molecule has 0 unspecified atom stereocenters. The molecule has 0 spiro atoms. The molecule has 1 aromatic heterocycles. The summed E-state index contributed by atoms with van der Waals surface area (Å²) in [6.07, 6.45) is 0.414. The molecule has 0 bridgehead atoms. The number of carbonyl (C=O) groups is 2. The van der Waals surface area contributed by atoms with Gasteiger partial charge in [-0.05, 0) is 13.0 Å². The normalized spacial score (nSPS) is 9.55. The van der Waals surface area contributed by atoms with Crippen LogP contribution in [0.2, 0.25) is 0 Å². The molecule has 5 nitrogen and oxygen atoms in total. The highest BCUT2D eigenvalue weighted by molar-refractivity contribution is 7.10. The number of hydrogen-bond donors (Lipinski definition) is 2. The standard InChI is InChI=1S/C14H18N2O3S/c1-3-16(2)13(18)9-15-14(19)11-8-12(20-10-11)6-4-5-7-17/h8,10,17H,3,5,7,9H2,1-2H3,(H,15,19). The number of aliphatic hydroxyl groups excluding tert-OH is 1. The Hall–Kier alpha value is -1.84. The molecule has 1 heterocycles. The van der Waals surface area contributed by atoms with Crippen LogP contribution in [0.5, 0.6) is 0 Å². The average Bonchev–Trinajstić information content (AvgIpc) is 2.92. The summed E-state index contributed by atoms with van der Waals surface area (Å²) < 4.78 is 0. The van der Waals surface area contributed by atoms with Crippen LogP contribution in [0.4, 0.5) is 0 Å². The quantitative estimate of drug-likeness (QED) is 0.785. The number of carbonyl (C=O) groups excluding carboxylic acids is 2. The van der Waals surface area contributed by atoms with Gasteiger partial charge in [0.15, 0.2) is 0 Å². The maximum atomic E-state index is 11.8. The first kappa shape index (κ1) is 16.2. The number of nitrogens with one attached hydrogen (secondary N) is 1. The van der Waals surface area contributed by atoms with E-state index in [4.69, 9.17) is 5.11 Å². The summed E-state index contributed by atoms with van der Waals surface area (Å²) in [5.41, 5.74) is 0.496. The molecule has 108 valence electrons. The molecular weight excluding hydrogens is 276 g/mol. The first-order chi connectivity index (χ1) is 9.58. The third-order valence-corrected chi connectivity index (χ3v) is 3.46. The van der Waals surface area contributed by atoms with E-state index in [0.717, 1.165) is 4.88 Å². The van der Waals surface area contributed by atoms with Gasteiger partial charge in [0.2, 0.25) is 5.91 Å². The molecule has 0 aliphatic carbocycles. The smallest absolute Gasteiger partial charge is 0.252 e. The fourth-order valence-corrected chi connectivity index (χ4v) is 2.05. The Morgan fingerprint density at radius 1 is 1.50 bits per heavy atom. The Labute approximate surface area is 122 Å². The van der Waals surface area contributed by atoms with E-state index in [1.54, 1.807) is 23.4 Å². The zero-order valence-corrected chi connectivity index (χ0v) is 12.4. The van der Waals surface area contributed by atoms with Crippen molar-refractivity contribution >= 4 is 23.2 Å². The van der Waals surface area contributed by atoms with Gasteiger partial charge in [0.05, 0.1) is 23.6 Å². The minimum absolute atomic E-state index is 0.00938. The van der Waals surface area contributed by atoms with Gasteiger partial charge in [-0.2, -0.15) is 0 Å². The van der Waals surface area contributed by atoms with Crippen LogP contribution in [0.25, 0.3) is 0 Å². The van der Waals surface area contributed by atoms with Crippen LogP contribution in [-0.2, 0) is 4.79 Å². The van der Waals surface area contributed by atoms with Gasteiger partial charge < -0.3 is 15.3 Å². The number of likely N-dealkylation sites (N-methyl/N-ethyl adjacent to an activating group) is 1. The highest BCUT2D eigenvalue weighted by atomic mass is 32.1. The van der Waals surface area contributed by atoms with Crippen molar-refractivity contribution in [2.24, 2.45) is 0 Å². The largest absolute Gasteiger partial charge is 0.395 e. The fourth-order valence-electron chi connectivity index (χ4n) is 1.30. The number of thiophene rings is 1. The number of aliphatic hydroxyl groups is 1. The van der Waals surface area contributed by atoms with Crippen molar-refractivity contribution in [2.75, 3.05) is 26.7 Å². The zero-order chi connectivity index (χ0) is 15.0. The van der Waals surface area contributed by atoms with Crippen LogP contribution < -0.4 is 5.32 Å². The molecule has 0 saturated heterocycles. The van der Waals surface area contributed by atoms with Crippen molar-refractivity contribution in [1.29, 1.82) is 0 Å². The predicted octanol–water partition coefficient (Wildman–Crippen LogP) is 0.690. The van der Waals surface area contributed by atoms with E-state index in [1.165, 1.54) is 11.3 Å². The van der Waals surface area contributed by atoms with Crippen molar-refractivity contribution in [2.45, 2.75) is 13.3 Å². The van der Waals surface area contributed by atoms with Crippen molar-refractivity contribution < 1.29 is 14.7 Å². The van der Waals surface area contributed by atoms with Gasteiger partial charge in [0, 0.05) is 25.4 Å². The number of nitrogens with zero attached hydrogens (tertiary/aromatic N) is 1. The first-order valence-corrected chi connectivity index (χ1v) is 7.16. The van der Waals surface area contributed by atoms with Crippen molar-refractivity contribution in [3.05, 3.63) is 21.9 Å². The Morgan fingerprint density at radius 2 is 2.25 bits per heavy atom. The van der Waals surface area contributed by atoms with E-state index in [2.05, 4.69) is 17.2 Å². The average molecular weight is 294 g/mol. The van der Waals surface area contributed by atoms with Gasteiger partial charge in [-0.25, -0.2) is 0 Å². The van der Waals surface area contributed by atoms with Gasteiger partial charge in [-0.1, -0.05) is 11.8 Å². The van der Waals surface area contributed by atoms with E-state index < -0.39 is 0 Å². The molecular formula is C14H18N2O3S. The molecule has 20 heavy (non-hydrogen) atoms. The third kappa shape index (κ3) is 5.03. The number of rotatable bonds is 5. The summed E-state index contributed by atoms with van der Waals surface area (Å²) in [4.78, 5) is 25.7. The Bertz CT molecular complexity index is 528. The molecule has 1 rings (SSSR count). The molecule has 2 N–H and O–H groups in total. The molecule has 0 aliphatic rings. The van der Waals surface area contributed by atoms with E-state index in [0.29, 0.717) is 18.5 Å². The third-order valence-electron chi connectivity index (χ3n) is 2.61. The summed E-state index contributed by atoms with van der Waals surface area (Å²) in [7, 11) is 1.69. The summed E-state index contributed by atoms with van der Waals surface area (Å²) in [6.45, 7) is 2.50. The lowest BCUT2D eigenvalue weighted by molar-refractivity contribution is -0.128. The molecule has 6 heteroatoms. The number of hydrogen-bond acceptors (Lipinski definition) is 4. The van der Waals surface area contributed by atoms with Gasteiger partial charge in [0.1, 0.15) is 0 Å². The lowest BCUT2D eigenvalue weighted by atomic mass is 10.3. The van der Waals surface area contributed by atoms with Crippen LogP contribution in [0.15, 0.2) is 11.4 Å². The lowest BCUT2D eigenvalue weighted by Gasteiger charge is -2.14. The lowest BCUT2D eigenvalue weighted by Crippen LogP contribution is -2.37. The van der Waals surface area contributed by atoms with Crippen LogP contribution in [0.3, 0.4) is 0 Å². The molecule has 1 aromatic rings. The van der Waals surface area contributed by atoms with Gasteiger partial charge >= 0.3 is 0 Å². The predicted molar refractivity (Wildman–Crippen MR) is 78.5 cm³/mol. The fraction of sp³-hybridized carbons (Fsp3) is 0.429. The van der Waals surface area contributed by atoms with Crippen molar-refractivity contribution in [1.82, 2.24) is 10.2 Å². The molecule has 2 amide bonds. The molecule has 0 atom stereocenters. The highest BCUT2D eigenvalue weighted by Gasteiger charge is 2.11. The Kier molecular flexibility index (Phi) is 6.77. The maximum Gasteiger partial charge on any atom is 0.252 e.